The van der Waals surface area contributed by atoms with Crippen LogP contribution in [-0.2, 0) is 19.4 Å². The highest BCUT2D eigenvalue weighted by Crippen LogP contribution is 2.43. The van der Waals surface area contributed by atoms with Crippen LogP contribution in [0.25, 0.3) is 0 Å². The third kappa shape index (κ3) is 2.20. The summed E-state index contributed by atoms with van der Waals surface area (Å²) in [4.78, 5) is 11.6. The van der Waals surface area contributed by atoms with E-state index in [2.05, 4.69) is 6.58 Å². The first-order valence-corrected chi connectivity index (χ1v) is 7.13. The molecule has 17 heavy (non-hydrogen) atoms. The zero-order valence-corrected chi connectivity index (χ0v) is 10.7. The lowest BCUT2D eigenvalue weighted by Gasteiger charge is -2.19. The minimum absolute atomic E-state index is 0.0556. The van der Waals surface area contributed by atoms with Crippen molar-refractivity contribution in [2.45, 2.75) is 24.5 Å². The van der Waals surface area contributed by atoms with E-state index in [9.17, 15) is 13.2 Å². The average molecular weight is 257 g/mol. The molecule has 0 aromatic rings. The van der Waals surface area contributed by atoms with Crippen molar-refractivity contribution in [1.29, 1.82) is 5.26 Å². The smallest absolute Gasteiger partial charge is 0.309 e. The first-order valence-electron chi connectivity index (χ1n) is 5.24. The molecule has 1 aliphatic rings. The molecule has 94 valence electrons. The van der Waals surface area contributed by atoms with Gasteiger partial charge in [0.05, 0.1) is 18.6 Å². The van der Waals surface area contributed by atoms with Crippen LogP contribution in [0.15, 0.2) is 12.2 Å². The average Bonchev–Trinajstić information content (AvgIpc) is 2.56. The minimum Gasteiger partial charge on any atom is -0.466 e. The molecule has 0 aromatic heterocycles. The molecule has 1 fully saturated rings. The Balaban J connectivity index is 3.06. The molecule has 0 aromatic carbocycles. The Morgan fingerprint density at radius 2 is 2.29 bits per heavy atom. The Hall–Kier alpha value is -1.35. The van der Waals surface area contributed by atoms with Crippen LogP contribution in [0.2, 0.25) is 0 Å². The predicted octanol–water partition coefficient (Wildman–Crippen LogP) is 0.823. The Bertz CT molecular complexity index is 488. The van der Waals surface area contributed by atoms with Gasteiger partial charge in [0.2, 0.25) is 0 Å². The fourth-order valence-corrected chi connectivity index (χ4v) is 3.35. The van der Waals surface area contributed by atoms with Crippen molar-refractivity contribution in [2.24, 2.45) is 5.92 Å². The van der Waals surface area contributed by atoms with Crippen LogP contribution in [0.1, 0.15) is 19.8 Å². The van der Waals surface area contributed by atoms with Gasteiger partial charge in [0, 0.05) is 6.26 Å². The molecule has 5 nitrogen and oxygen atoms in total. The molecule has 2 atom stereocenters. The number of hydrogen-bond acceptors (Lipinski definition) is 5. The summed E-state index contributed by atoms with van der Waals surface area (Å²) in [6.07, 6.45) is 1.13. The van der Waals surface area contributed by atoms with Gasteiger partial charge in [0.25, 0.3) is 0 Å². The van der Waals surface area contributed by atoms with E-state index >= 15 is 0 Å². The van der Waals surface area contributed by atoms with Gasteiger partial charge in [-0.2, -0.15) is 5.26 Å². The maximum Gasteiger partial charge on any atom is 0.309 e. The molecule has 0 bridgehead atoms. The molecule has 1 rings (SSSR count). The lowest BCUT2D eigenvalue weighted by Crippen LogP contribution is -2.35. The van der Waals surface area contributed by atoms with Gasteiger partial charge in [-0.1, -0.05) is 6.58 Å². The van der Waals surface area contributed by atoms with Crippen LogP contribution in [0, 0.1) is 17.2 Å². The molecule has 0 unspecified atom stereocenters. The summed E-state index contributed by atoms with van der Waals surface area (Å²) in [7, 11) is -3.61. The summed E-state index contributed by atoms with van der Waals surface area (Å²) in [6, 6.07) is 1.80. The van der Waals surface area contributed by atoms with Crippen molar-refractivity contribution in [3.63, 3.8) is 0 Å². The molecule has 0 aliphatic heterocycles. The lowest BCUT2D eigenvalue weighted by atomic mass is 10.0. The highest BCUT2D eigenvalue weighted by atomic mass is 32.2. The largest absolute Gasteiger partial charge is 0.466 e. The molecule has 0 N–H and O–H groups in total. The highest BCUT2D eigenvalue weighted by molar-refractivity contribution is 7.92. The van der Waals surface area contributed by atoms with Gasteiger partial charge >= 0.3 is 5.97 Å². The zero-order chi connectivity index (χ0) is 13.3. The fourth-order valence-electron chi connectivity index (χ4n) is 2.07. The van der Waals surface area contributed by atoms with E-state index in [1.807, 2.05) is 0 Å². The second kappa shape index (κ2) is 4.49. The van der Waals surface area contributed by atoms with E-state index in [-0.39, 0.29) is 25.0 Å². The summed E-state index contributed by atoms with van der Waals surface area (Å²) in [6.45, 7) is 5.54. The van der Waals surface area contributed by atoms with E-state index in [0.717, 1.165) is 6.26 Å². The number of carbonyl (C=O) groups excluding carboxylic acids is 1. The SMILES string of the molecule is C=C1C[C@H](C(=O)OCC)C[C@]1(C#N)S(C)(=O)=O. The van der Waals surface area contributed by atoms with E-state index in [4.69, 9.17) is 10.00 Å². The van der Waals surface area contributed by atoms with Gasteiger partial charge in [0.15, 0.2) is 14.6 Å². The van der Waals surface area contributed by atoms with Crippen LogP contribution in [0.4, 0.5) is 0 Å². The second-order valence-electron chi connectivity index (χ2n) is 4.17. The summed E-state index contributed by atoms with van der Waals surface area (Å²) < 4.78 is 26.6. The number of esters is 1. The van der Waals surface area contributed by atoms with E-state index < -0.39 is 26.5 Å². The third-order valence-electron chi connectivity index (χ3n) is 3.03. The number of rotatable bonds is 3. The second-order valence-corrected chi connectivity index (χ2v) is 6.41. The van der Waals surface area contributed by atoms with E-state index in [0.29, 0.717) is 0 Å². The summed E-state index contributed by atoms with van der Waals surface area (Å²) in [5.41, 5.74) is 0.278. The summed E-state index contributed by atoms with van der Waals surface area (Å²) >= 11 is 0. The fraction of sp³-hybridized carbons (Fsp3) is 0.636. The Kier molecular flexibility index (Phi) is 3.62. The number of nitriles is 1. The molecule has 1 saturated carbocycles. The molecular formula is C11H15NO4S. The normalized spacial score (nSPS) is 28.8. The number of hydrogen-bond donors (Lipinski definition) is 0. The van der Waals surface area contributed by atoms with Crippen molar-refractivity contribution in [1.82, 2.24) is 0 Å². The summed E-state index contributed by atoms with van der Waals surface area (Å²) in [5, 5.41) is 9.11. The van der Waals surface area contributed by atoms with Crippen molar-refractivity contribution >= 4 is 15.8 Å². The summed E-state index contributed by atoms with van der Waals surface area (Å²) in [5.74, 6) is -1.05. The molecule has 6 heteroatoms. The number of nitrogens with zero attached hydrogens (tertiary/aromatic N) is 1. The lowest BCUT2D eigenvalue weighted by molar-refractivity contribution is -0.147. The van der Waals surface area contributed by atoms with Crippen molar-refractivity contribution < 1.29 is 17.9 Å². The standard InChI is InChI=1S/C11H15NO4S/c1-4-16-10(13)9-5-8(2)11(6-9,7-12)17(3,14)15/h9H,2,4-6H2,1,3H3/t9-,11+/m0/s1. The molecule has 0 heterocycles. The van der Waals surface area contributed by atoms with Crippen LogP contribution in [-0.4, -0.2) is 32.0 Å². The van der Waals surface area contributed by atoms with Crippen molar-refractivity contribution in [3.05, 3.63) is 12.2 Å². The number of sulfone groups is 1. The van der Waals surface area contributed by atoms with E-state index in [1.54, 1.807) is 13.0 Å². The number of ether oxygens (including phenoxy) is 1. The van der Waals surface area contributed by atoms with Crippen molar-refractivity contribution in [2.75, 3.05) is 12.9 Å². The molecule has 1 aliphatic carbocycles. The van der Waals surface area contributed by atoms with Crippen molar-refractivity contribution in [3.8, 4) is 6.07 Å². The quantitative estimate of drug-likeness (QED) is 0.552. The Labute approximate surface area is 101 Å². The molecule has 0 amide bonds. The maximum atomic E-state index is 11.7. The number of carbonyl (C=O) groups is 1. The monoisotopic (exact) mass is 257 g/mol. The molecule has 0 saturated heterocycles. The minimum atomic E-state index is -3.61. The van der Waals surface area contributed by atoms with Crippen LogP contribution in [0.5, 0.6) is 0 Å². The van der Waals surface area contributed by atoms with Crippen LogP contribution < -0.4 is 0 Å². The Morgan fingerprint density at radius 3 is 2.65 bits per heavy atom. The first kappa shape index (κ1) is 13.7. The molecule has 0 spiro atoms. The van der Waals surface area contributed by atoms with E-state index in [1.165, 1.54) is 0 Å². The third-order valence-corrected chi connectivity index (χ3v) is 4.84. The van der Waals surface area contributed by atoms with Gasteiger partial charge < -0.3 is 4.74 Å². The molecular weight excluding hydrogens is 242 g/mol. The van der Waals surface area contributed by atoms with Gasteiger partial charge in [0.1, 0.15) is 0 Å². The van der Waals surface area contributed by atoms with Gasteiger partial charge in [-0.15, -0.1) is 0 Å². The maximum absolute atomic E-state index is 11.7. The molecule has 0 radical (unpaired) electrons. The zero-order valence-electron chi connectivity index (χ0n) is 9.89. The Morgan fingerprint density at radius 1 is 1.71 bits per heavy atom. The first-order chi connectivity index (χ1) is 7.78. The predicted molar refractivity (Wildman–Crippen MR) is 61.7 cm³/mol. The van der Waals surface area contributed by atoms with Crippen LogP contribution in [0.3, 0.4) is 0 Å². The van der Waals surface area contributed by atoms with Gasteiger partial charge in [-0.3, -0.25) is 4.79 Å². The van der Waals surface area contributed by atoms with Crippen LogP contribution >= 0.6 is 0 Å². The van der Waals surface area contributed by atoms with Gasteiger partial charge in [-0.25, -0.2) is 8.42 Å². The highest BCUT2D eigenvalue weighted by Gasteiger charge is 2.52. The van der Waals surface area contributed by atoms with Gasteiger partial charge in [-0.05, 0) is 25.3 Å². The topological polar surface area (TPSA) is 84.2 Å².